The van der Waals surface area contributed by atoms with E-state index in [0.29, 0.717) is 17.4 Å². The van der Waals surface area contributed by atoms with Crippen LogP contribution >= 0.6 is 7.82 Å². The predicted octanol–water partition coefficient (Wildman–Crippen LogP) is 18.8. The molecule has 75 heavy (non-hydrogen) atoms. The van der Waals surface area contributed by atoms with Gasteiger partial charge in [0.25, 0.3) is 0 Å². The maximum Gasteiger partial charge on any atom is 0.472 e. The van der Waals surface area contributed by atoms with Crippen molar-refractivity contribution in [2.24, 2.45) is 0 Å². The number of ether oxygens (including phenoxy) is 1. The normalized spacial score (nSPS) is 14.4. The summed E-state index contributed by atoms with van der Waals surface area (Å²) in [5.74, 6) is -0.555. The maximum atomic E-state index is 13.5. The Balaban J connectivity index is 5.40. The van der Waals surface area contributed by atoms with Crippen LogP contribution in [0, 0.1) is 0 Å². The van der Waals surface area contributed by atoms with E-state index in [1.54, 1.807) is 0 Å². The van der Waals surface area contributed by atoms with Crippen LogP contribution in [0.25, 0.3) is 0 Å². The summed E-state index contributed by atoms with van der Waals surface area (Å²) in [4.78, 5) is 37.7. The number of esters is 1. The number of hydrogen-bond acceptors (Lipinski definition) is 6. The zero-order valence-corrected chi connectivity index (χ0v) is 50.2. The number of allylic oxidation sites excluding steroid dienone is 15. The van der Waals surface area contributed by atoms with Gasteiger partial charge in [0.05, 0.1) is 33.8 Å². The van der Waals surface area contributed by atoms with E-state index in [9.17, 15) is 19.0 Å². The highest BCUT2D eigenvalue weighted by molar-refractivity contribution is 7.47. The van der Waals surface area contributed by atoms with Gasteiger partial charge in [0.2, 0.25) is 5.91 Å². The molecule has 0 aliphatic rings. The maximum absolute atomic E-state index is 13.5. The topological polar surface area (TPSA) is 111 Å². The fourth-order valence-electron chi connectivity index (χ4n) is 8.29. The molecule has 0 aliphatic heterocycles. The minimum absolute atomic E-state index is 0.0277. The molecule has 3 atom stereocenters. The zero-order valence-electron chi connectivity index (χ0n) is 49.3. The van der Waals surface area contributed by atoms with Crippen LogP contribution < -0.4 is 5.32 Å². The molecule has 3 unspecified atom stereocenters. The van der Waals surface area contributed by atoms with Crippen molar-refractivity contribution in [2.45, 2.75) is 264 Å². The fourth-order valence-corrected chi connectivity index (χ4v) is 9.03. The quantitative estimate of drug-likeness (QED) is 0.0205. The standard InChI is InChI=1S/C65H115N2O7P/c1-7-10-13-16-19-22-25-28-30-32-33-35-36-39-42-45-48-51-54-57-64(68)66-62(61-73-75(70,71)72-60-59-67(4,5)6)63(56-53-50-47-44-41-38-27-24-21-18-15-12-9-3)74-65(69)58-55-52-49-46-43-40-37-34-31-29-26-23-20-17-14-11-8-2/h10,13,19-20,22-23,28-31,33,35,39,42,53,56,62-63H,7-9,11-12,14-18,21,24-27,32,34,36-38,40-41,43-52,54-55,57-61H2,1-6H3,(H-,66,68,70,71)/p+1/b13-10-,22-19-,23-20-,30-28-,31-29-,35-33-,42-39-,56-53+. The summed E-state index contributed by atoms with van der Waals surface area (Å²) in [6.07, 6.45) is 72.5. The fraction of sp³-hybridized carbons (Fsp3) is 0.723. The largest absolute Gasteiger partial charge is 0.472 e. The number of unbranched alkanes of at least 4 members (excludes halogenated alkanes) is 24. The highest BCUT2D eigenvalue weighted by atomic mass is 31.2. The van der Waals surface area contributed by atoms with Gasteiger partial charge < -0.3 is 19.4 Å². The lowest BCUT2D eigenvalue weighted by molar-refractivity contribution is -0.870. The second-order valence-electron chi connectivity index (χ2n) is 21.5. The average molecular weight is 1070 g/mol. The molecule has 0 radical (unpaired) electrons. The summed E-state index contributed by atoms with van der Waals surface area (Å²) < 4.78 is 30.7. The third-order valence-electron chi connectivity index (χ3n) is 13.0. The van der Waals surface area contributed by atoms with Gasteiger partial charge in [0, 0.05) is 12.8 Å². The number of nitrogens with one attached hydrogen (secondary N) is 1. The van der Waals surface area contributed by atoms with E-state index in [4.69, 9.17) is 13.8 Å². The predicted molar refractivity (Wildman–Crippen MR) is 323 cm³/mol. The highest BCUT2D eigenvalue weighted by Crippen LogP contribution is 2.43. The number of phosphoric ester groups is 1. The SMILES string of the molecule is CC/C=C\C/C=C\C/C=C\C/C=C\C/C=C\CCCCCC(=O)NC(COP(=O)(O)OCC[N+](C)(C)C)C(/C=C/CCCCCCCCCCCCC)OC(=O)CCCCCCCCC/C=C\C/C=C\CCCCC. The van der Waals surface area contributed by atoms with Crippen molar-refractivity contribution in [3.63, 3.8) is 0 Å². The van der Waals surface area contributed by atoms with Gasteiger partial charge in [-0.15, -0.1) is 0 Å². The van der Waals surface area contributed by atoms with E-state index < -0.39 is 20.0 Å². The van der Waals surface area contributed by atoms with Crippen LogP contribution in [0.4, 0.5) is 0 Å². The van der Waals surface area contributed by atoms with Crippen LogP contribution in [0.2, 0.25) is 0 Å². The molecular weight excluding hydrogens is 952 g/mol. The first kappa shape index (κ1) is 71.9. The van der Waals surface area contributed by atoms with Gasteiger partial charge in [-0.3, -0.25) is 18.6 Å². The number of rotatable bonds is 54. The Morgan fingerprint density at radius 2 is 0.853 bits per heavy atom. The molecule has 0 aromatic carbocycles. The molecule has 0 fully saturated rings. The molecule has 0 heterocycles. The van der Waals surface area contributed by atoms with E-state index in [-0.39, 0.29) is 37.9 Å². The lowest BCUT2D eigenvalue weighted by Gasteiger charge is -2.27. The number of phosphoric acid groups is 1. The summed E-state index contributed by atoms with van der Waals surface area (Å²) in [5, 5.41) is 3.03. The van der Waals surface area contributed by atoms with Gasteiger partial charge in [-0.2, -0.15) is 0 Å². The van der Waals surface area contributed by atoms with E-state index >= 15 is 0 Å². The summed E-state index contributed by atoms with van der Waals surface area (Å²) in [5.41, 5.74) is 0. The third kappa shape index (κ3) is 55.5. The lowest BCUT2D eigenvalue weighted by Crippen LogP contribution is -2.47. The smallest absolute Gasteiger partial charge is 0.456 e. The molecule has 0 spiro atoms. The van der Waals surface area contributed by atoms with Crippen LogP contribution in [0.3, 0.4) is 0 Å². The molecule has 0 saturated carbocycles. The lowest BCUT2D eigenvalue weighted by atomic mass is 10.0. The molecule has 10 heteroatoms. The third-order valence-corrected chi connectivity index (χ3v) is 14.0. The first-order valence-electron chi connectivity index (χ1n) is 30.6. The molecule has 0 aromatic rings. The van der Waals surface area contributed by atoms with Crippen LogP contribution in [0.5, 0.6) is 0 Å². The minimum atomic E-state index is -4.46. The molecular formula is C65H116N2O7P+. The Hall–Kier alpha value is -3.07. The molecule has 0 aromatic heterocycles. The first-order valence-corrected chi connectivity index (χ1v) is 32.1. The van der Waals surface area contributed by atoms with Gasteiger partial charge in [0.1, 0.15) is 19.3 Å². The summed E-state index contributed by atoms with van der Waals surface area (Å²) >= 11 is 0. The Morgan fingerprint density at radius 1 is 0.480 bits per heavy atom. The van der Waals surface area contributed by atoms with Gasteiger partial charge in [-0.05, 0) is 109 Å². The molecule has 0 saturated heterocycles. The molecule has 9 nitrogen and oxygen atoms in total. The van der Waals surface area contributed by atoms with Crippen LogP contribution in [0.1, 0.15) is 252 Å². The van der Waals surface area contributed by atoms with Crippen molar-refractivity contribution < 1.29 is 37.3 Å². The average Bonchev–Trinajstić information content (AvgIpc) is 3.37. The van der Waals surface area contributed by atoms with Crippen molar-refractivity contribution in [2.75, 3.05) is 40.9 Å². The summed E-state index contributed by atoms with van der Waals surface area (Å²) in [7, 11) is 1.46. The van der Waals surface area contributed by atoms with Crippen LogP contribution in [-0.4, -0.2) is 74.3 Å². The molecule has 0 aliphatic carbocycles. The number of quaternary nitrogens is 1. The first-order chi connectivity index (χ1) is 36.4. The second kappa shape index (κ2) is 54.3. The van der Waals surface area contributed by atoms with Gasteiger partial charge in [-0.1, -0.05) is 227 Å². The van der Waals surface area contributed by atoms with Gasteiger partial charge in [0.15, 0.2) is 0 Å². The zero-order chi connectivity index (χ0) is 55.0. The molecule has 1 amide bonds. The number of nitrogens with zero attached hydrogens (tertiary/aromatic N) is 1. The van der Waals surface area contributed by atoms with E-state index in [2.05, 4.69) is 111 Å². The van der Waals surface area contributed by atoms with Gasteiger partial charge >= 0.3 is 13.8 Å². The number of likely N-dealkylation sites (N-methyl/N-ethyl adjacent to an activating group) is 1. The number of carbonyl (C=O) groups is 2. The van der Waals surface area contributed by atoms with Crippen molar-refractivity contribution in [3.8, 4) is 0 Å². The number of hydrogen-bond donors (Lipinski definition) is 2. The molecule has 432 valence electrons. The Morgan fingerprint density at radius 3 is 1.32 bits per heavy atom. The minimum Gasteiger partial charge on any atom is -0.456 e. The van der Waals surface area contributed by atoms with E-state index in [1.165, 1.54) is 103 Å². The second-order valence-corrected chi connectivity index (χ2v) is 22.9. The Bertz CT molecular complexity index is 1610. The number of amides is 1. The molecule has 0 rings (SSSR count). The van der Waals surface area contributed by atoms with Crippen molar-refractivity contribution in [1.29, 1.82) is 0 Å². The van der Waals surface area contributed by atoms with Crippen molar-refractivity contribution in [1.82, 2.24) is 5.32 Å². The van der Waals surface area contributed by atoms with E-state index in [0.717, 1.165) is 109 Å². The van der Waals surface area contributed by atoms with Gasteiger partial charge in [-0.25, -0.2) is 4.57 Å². The Kier molecular flexibility index (Phi) is 52.1. The van der Waals surface area contributed by atoms with Crippen LogP contribution in [0.15, 0.2) is 97.2 Å². The Labute approximate surface area is 462 Å². The summed E-state index contributed by atoms with van der Waals surface area (Å²) in [6.45, 7) is 6.84. The molecule has 0 bridgehead atoms. The number of carbonyl (C=O) groups excluding carboxylic acids is 2. The molecule has 2 N–H and O–H groups in total. The van der Waals surface area contributed by atoms with Crippen molar-refractivity contribution in [3.05, 3.63) is 97.2 Å². The highest BCUT2D eigenvalue weighted by Gasteiger charge is 2.30. The monoisotopic (exact) mass is 1070 g/mol. The summed E-state index contributed by atoms with van der Waals surface area (Å²) in [6, 6.07) is -0.874. The van der Waals surface area contributed by atoms with Crippen molar-refractivity contribution >= 4 is 19.7 Å². The van der Waals surface area contributed by atoms with Crippen LogP contribution in [-0.2, 0) is 27.9 Å². The van der Waals surface area contributed by atoms with E-state index in [1.807, 2.05) is 33.3 Å².